The molecule has 0 aromatic heterocycles. The van der Waals surface area contributed by atoms with Crippen LogP contribution in [0, 0.1) is 0 Å². The standard InChI is InChI=1S/C9H9NOS2/c11-8-7(10-9(12)13-8)6-4-2-1-3-5-6/h1-5,7,9-10,12H. The molecule has 0 saturated carbocycles. The van der Waals surface area contributed by atoms with Crippen LogP contribution in [0.25, 0.3) is 0 Å². The van der Waals surface area contributed by atoms with E-state index in [9.17, 15) is 4.79 Å². The lowest BCUT2D eigenvalue weighted by Crippen LogP contribution is -2.20. The highest BCUT2D eigenvalue weighted by Crippen LogP contribution is 2.31. The molecule has 0 aliphatic carbocycles. The lowest BCUT2D eigenvalue weighted by atomic mass is 10.1. The Balaban J connectivity index is 2.23. The fourth-order valence-electron chi connectivity index (χ4n) is 1.30. The molecule has 1 aliphatic rings. The van der Waals surface area contributed by atoms with Crippen molar-refractivity contribution in [1.82, 2.24) is 5.32 Å². The third-order valence-electron chi connectivity index (χ3n) is 1.91. The molecule has 1 aliphatic heterocycles. The molecular formula is C9H9NOS2. The molecule has 13 heavy (non-hydrogen) atoms. The Labute approximate surface area is 86.5 Å². The summed E-state index contributed by atoms with van der Waals surface area (Å²) in [6, 6.07) is 9.51. The number of benzene rings is 1. The number of rotatable bonds is 1. The summed E-state index contributed by atoms with van der Waals surface area (Å²) in [7, 11) is 0. The van der Waals surface area contributed by atoms with Crippen LogP contribution in [0.4, 0.5) is 0 Å². The van der Waals surface area contributed by atoms with Gasteiger partial charge in [-0.1, -0.05) is 42.1 Å². The Morgan fingerprint density at radius 2 is 2.00 bits per heavy atom. The van der Waals surface area contributed by atoms with E-state index in [-0.39, 0.29) is 15.9 Å². The summed E-state index contributed by atoms with van der Waals surface area (Å²) in [4.78, 5) is 11.4. The smallest absolute Gasteiger partial charge is 0.212 e. The van der Waals surface area contributed by atoms with Gasteiger partial charge in [0.25, 0.3) is 0 Å². The maximum Gasteiger partial charge on any atom is 0.212 e. The van der Waals surface area contributed by atoms with E-state index in [4.69, 9.17) is 0 Å². The minimum atomic E-state index is -0.186. The SMILES string of the molecule is O=C1SC(S)NC1c1ccccc1. The Morgan fingerprint density at radius 1 is 1.31 bits per heavy atom. The molecule has 1 aromatic carbocycles. The van der Waals surface area contributed by atoms with Crippen molar-refractivity contribution < 1.29 is 4.79 Å². The number of hydrogen-bond donors (Lipinski definition) is 2. The van der Waals surface area contributed by atoms with Crippen molar-refractivity contribution in [2.45, 2.75) is 10.7 Å². The van der Waals surface area contributed by atoms with Crippen LogP contribution in [0.2, 0.25) is 0 Å². The zero-order valence-corrected chi connectivity index (χ0v) is 8.52. The van der Waals surface area contributed by atoms with E-state index >= 15 is 0 Å². The van der Waals surface area contributed by atoms with Crippen molar-refractivity contribution in [3.05, 3.63) is 35.9 Å². The van der Waals surface area contributed by atoms with Gasteiger partial charge in [0, 0.05) is 0 Å². The largest absolute Gasteiger partial charge is 0.285 e. The van der Waals surface area contributed by atoms with Gasteiger partial charge < -0.3 is 0 Å². The lowest BCUT2D eigenvalue weighted by Gasteiger charge is -2.08. The van der Waals surface area contributed by atoms with Gasteiger partial charge in [-0.2, -0.15) is 0 Å². The maximum absolute atomic E-state index is 11.4. The number of hydrogen-bond acceptors (Lipinski definition) is 4. The topological polar surface area (TPSA) is 29.1 Å². The lowest BCUT2D eigenvalue weighted by molar-refractivity contribution is -0.112. The maximum atomic E-state index is 11.4. The van der Waals surface area contributed by atoms with E-state index in [1.807, 2.05) is 30.3 Å². The van der Waals surface area contributed by atoms with Gasteiger partial charge in [-0.25, -0.2) is 0 Å². The van der Waals surface area contributed by atoms with Gasteiger partial charge in [-0.05, 0) is 5.56 Å². The summed E-state index contributed by atoms with van der Waals surface area (Å²) in [6.45, 7) is 0. The number of thiol groups is 1. The van der Waals surface area contributed by atoms with Crippen molar-refractivity contribution in [3.8, 4) is 0 Å². The first-order valence-electron chi connectivity index (χ1n) is 3.97. The number of nitrogens with one attached hydrogen (secondary N) is 1. The summed E-state index contributed by atoms with van der Waals surface area (Å²) in [5, 5.41) is 3.24. The molecule has 0 amide bonds. The van der Waals surface area contributed by atoms with Crippen LogP contribution >= 0.6 is 24.4 Å². The fourth-order valence-corrected chi connectivity index (χ4v) is 2.53. The quantitative estimate of drug-likeness (QED) is 0.694. The van der Waals surface area contributed by atoms with Gasteiger partial charge in [-0.3, -0.25) is 10.1 Å². The molecule has 68 valence electrons. The minimum Gasteiger partial charge on any atom is -0.285 e. The molecule has 1 fully saturated rings. The highest BCUT2D eigenvalue weighted by atomic mass is 32.2. The minimum absolute atomic E-state index is 0.0716. The third-order valence-corrected chi connectivity index (χ3v) is 3.20. The van der Waals surface area contributed by atoms with E-state index in [0.29, 0.717) is 0 Å². The molecule has 4 heteroatoms. The number of carbonyl (C=O) groups excluding carboxylic acids is 1. The van der Waals surface area contributed by atoms with E-state index < -0.39 is 0 Å². The molecule has 0 bridgehead atoms. The average Bonchev–Trinajstić information content (AvgIpc) is 2.47. The highest BCUT2D eigenvalue weighted by Gasteiger charge is 2.31. The van der Waals surface area contributed by atoms with Crippen molar-refractivity contribution >= 4 is 29.5 Å². The van der Waals surface area contributed by atoms with E-state index in [0.717, 1.165) is 5.56 Å². The van der Waals surface area contributed by atoms with Crippen LogP contribution in [0.1, 0.15) is 11.6 Å². The van der Waals surface area contributed by atoms with Crippen LogP contribution in [0.15, 0.2) is 30.3 Å². The average molecular weight is 211 g/mol. The molecule has 1 heterocycles. The third kappa shape index (κ3) is 1.90. The second kappa shape index (κ2) is 3.74. The molecule has 2 atom stereocenters. The molecule has 1 aromatic rings. The van der Waals surface area contributed by atoms with Crippen LogP contribution in [0.3, 0.4) is 0 Å². The first-order valence-corrected chi connectivity index (χ1v) is 5.36. The zero-order chi connectivity index (χ0) is 9.26. The van der Waals surface area contributed by atoms with Crippen LogP contribution in [-0.2, 0) is 4.79 Å². The van der Waals surface area contributed by atoms with Crippen LogP contribution < -0.4 is 5.32 Å². The predicted molar refractivity (Wildman–Crippen MR) is 57.7 cm³/mol. The summed E-state index contributed by atoms with van der Waals surface area (Å²) in [5.41, 5.74) is 1.01. The molecule has 2 rings (SSSR count). The molecular weight excluding hydrogens is 202 g/mol. The van der Waals surface area contributed by atoms with Crippen molar-refractivity contribution in [3.63, 3.8) is 0 Å². The van der Waals surface area contributed by atoms with Gasteiger partial charge >= 0.3 is 0 Å². The van der Waals surface area contributed by atoms with Gasteiger partial charge in [0.05, 0.1) is 0 Å². The van der Waals surface area contributed by atoms with Crippen LogP contribution in [-0.4, -0.2) is 9.82 Å². The van der Waals surface area contributed by atoms with Crippen molar-refractivity contribution in [2.75, 3.05) is 0 Å². The van der Waals surface area contributed by atoms with Gasteiger partial charge in [0.15, 0.2) is 0 Å². The highest BCUT2D eigenvalue weighted by molar-refractivity contribution is 8.21. The summed E-state index contributed by atoms with van der Waals surface area (Å²) < 4.78 is -0.0716. The second-order valence-electron chi connectivity index (χ2n) is 2.80. The first kappa shape index (κ1) is 9.12. The summed E-state index contributed by atoms with van der Waals surface area (Å²) in [6.07, 6.45) is 0. The van der Waals surface area contributed by atoms with E-state index in [1.165, 1.54) is 11.8 Å². The molecule has 1 N–H and O–H groups in total. The second-order valence-corrected chi connectivity index (χ2v) is 4.77. The monoisotopic (exact) mass is 211 g/mol. The van der Waals surface area contributed by atoms with Crippen molar-refractivity contribution in [1.29, 1.82) is 0 Å². The first-order chi connectivity index (χ1) is 6.27. The van der Waals surface area contributed by atoms with Gasteiger partial charge in [0.2, 0.25) is 5.12 Å². The van der Waals surface area contributed by atoms with E-state index in [2.05, 4.69) is 17.9 Å². The fraction of sp³-hybridized carbons (Fsp3) is 0.222. The predicted octanol–water partition coefficient (Wildman–Crippen LogP) is 1.80. The normalized spacial score (nSPS) is 27.9. The summed E-state index contributed by atoms with van der Waals surface area (Å²) in [5.74, 6) is 0. The number of thioether (sulfide) groups is 1. The Kier molecular flexibility index (Phi) is 2.62. The Hall–Kier alpha value is -0.450. The molecule has 0 radical (unpaired) electrons. The van der Waals surface area contributed by atoms with Crippen molar-refractivity contribution in [2.24, 2.45) is 0 Å². The molecule has 2 nitrogen and oxygen atoms in total. The molecule has 0 spiro atoms. The van der Waals surface area contributed by atoms with E-state index in [1.54, 1.807) is 0 Å². The van der Waals surface area contributed by atoms with Crippen LogP contribution in [0.5, 0.6) is 0 Å². The Bertz CT molecular complexity index is 315. The molecule has 2 unspecified atom stereocenters. The zero-order valence-electron chi connectivity index (χ0n) is 6.81. The Morgan fingerprint density at radius 3 is 2.54 bits per heavy atom. The van der Waals surface area contributed by atoms with Gasteiger partial charge in [0.1, 0.15) is 10.7 Å². The van der Waals surface area contributed by atoms with Gasteiger partial charge in [-0.15, -0.1) is 12.6 Å². The number of carbonyl (C=O) groups is 1. The summed E-state index contributed by atoms with van der Waals surface area (Å²) >= 11 is 5.43. The molecule has 1 saturated heterocycles.